The molecular formula is C23H33N7O6S. The van der Waals surface area contributed by atoms with Crippen molar-refractivity contribution < 1.29 is 27.5 Å². The first-order chi connectivity index (χ1) is 17.6. The van der Waals surface area contributed by atoms with Gasteiger partial charge in [0.2, 0.25) is 11.8 Å². The van der Waals surface area contributed by atoms with Gasteiger partial charge in [-0.15, -0.1) is 4.83 Å². The SMILES string of the molecule is COc1ccc(S(=O)(=O)NN[C@@H](CCCN=C(N)N)C(=O)N[C@@H](Cc2ccccc2)C(N)=O)cc1OC. The number of guanidine groups is 1. The molecule has 0 saturated carbocycles. The molecule has 0 aromatic heterocycles. The number of methoxy groups -OCH3 is 2. The number of nitrogens with one attached hydrogen (secondary N) is 3. The molecule has 2 aromatic rings. The second-order valence-electron chi connectivity index (χ2n) is 7.92. The molecule has 0 aliphatic heterocycles. The fourth-order valence-electron chi connectivity index (χ4n) is 3.31. The van der Waals surface area contributed by atoms with E-state index in [-0.39, 0.29) is 36.0 Å². The second-order valence-corrected chi connectivity index (χ2v) is 9.60. The third-order valence-corrected chi connectivity index (χ3v) is 6.50. The van der Waals surface area contributed by atoms with Crippen LogP contribution in [0.5, 0.6) is 11.5 Å². The van der Waals surface area contributed by atoms with Gasteiger partial charge in [-0.25, -0.2) is 13.8 Å². The molecule has 14 heteroatoms. The smallest absolute Gasteiger partial charge is 0.253 e. The summed E-state index contributed by atoms with van der Waals surface area (Å²) in [5, 5.41) is 2.59. The lowest BCUT2D eigenvalue weighted by atomic mass is 10.0. The zero-order valence-corrected chi connectivity index (χ0v) is 21.5. The number of hydrogen-bond acceptors (Lipinski definition) is 8. The van der Waals surface area contributed by atoms with Crippen LogP contribution in [0.4, 0.5) is 0 Å². The summed E-state index contributed by atoms with van der Waals surface area (Å²) in [7, 11) is -1.32. The largest absolute Gasteiger partial charge is 0.493 e. The van der Waals surface area contributed by atoms with Crippen molar-refractivity contribution in [2.75, 3.05) is 20.8 Å². The van der Waals surface area contributed by atoms with Crippen LogP contribution < -0.4 is 42.2 Å². The van der Waals surface area contributed by atoms with Crippen LogP contribution in [0.2, 0.25) is 0 Å². The van der Waals surface area contributed by atoms with E-state index in [4.69, 9.17) is 26.7 Å². The number of amides is 2. The van der Waals surface area contributed by atoms with E-state index in [1.165, 1.54) is 32.4 Å². The van der Waals surface area contributed by atoms with Gasteiger partial charge in [-0.1, -0.05) is 30.3 Å². The lowest BCUT2D eigenvalue weighted by Crippen LogP contribution is -2.56. The van der Waals surface area contributed by atoms with Gasteiger partial charge in [0, 0.05) is 19.0 Å². The quantitative estimate of drug-likeness (QED) is 0.0722. The zero-order valence-electron chi connectivity index (χ0n) is 20.6. The van der Waals surface area contributed by atoms with Gasteiger partial charge in [0.15, 0.2) is 17.5 Å². The van der Waals surface area contributed by atoms with E-state index in [1.807, 2.05) is 6.07 Å². The second kappa shape index (κ2) is 14.0. The molecule has 13 nitrogen and oxygen atoms in total. The number of nitrogens with zero attached hydrogens (tertiary/aromatic N) is 1. The third kappa shape index (κ3) is 9.25. The molecule has 2 atom stereocenters. The van der Waals surface area contributed by atoms with E-state index < -0.39 is 33.9 Å². The van der Waals surface area contributed by atoms with Gasteiger partial charge in [0.05, 0.1) is 19.1 Å². The van der Waals surface area contributed by atoms with Crippen molar-refractivity contribution in [2.45, 2.75) is 36.2 Å². The monoisotopic (exact) mass is 535 g/mol. The number of benzene rings is 2. The molecule has 0 spiro atoms. The van der Waals surface area contributed by atoms with Gasteiger partial charge in [0.25, 0.3) is 10.0 Å². The van der Waals surface area contributed by atoms with Crippen molar-refractivity contribution in [2.24, 2.45) is 22.2 Å². The van der Waals surface area contributed by atoms with E-state index in [0.29, 0.717) is 12.2 Å². The summed E-state index contributed by atoms with van der Waals surface area (Å²) in [6.07, 6.45) is 0.634. The minimum Gasteiger partial charge on any atom is -0.493 e. The highest BCUT2D eigenvalue weighted by Crippen LogP contribution is 2.29. The summed E-state index contributed by atoms with van der Waals surface area (Å²) in [5.41, 5.74) is 19.5. The number of aliphatic imine (C=N–C) groups is 1. The Balaban J connectivity index is 2.18. The van der Waals surface area contributed by atoms with Gasteiger partial charge < -0.3 is 32.0 Å². The van der Waals surface area contributed by atoms with Crippen molar-refractivity contribution in [3.63, 3.8) is 0 Å². The van der Waals surface area contributed by atoms with Crippen LogP contribution in [0.3, 0.4) is 0 Å². The fourth-order valence-corrected chi connectivity index (χ4v) is 4.23. The van der Waals surface area contributed by atoms with Crippen molar-refractivity contribution in [1.29, 1.82) is 0 Å². The molecule has 37 heavy (non-hydrogen) atoms. The zero-order chi connectivity index (χ0) is 27.4. The van der Waals surface area contributed by atoms with E-state index in [1.54, 1.807) is 24.3 Å². The van der Waals surface area contributed by atoms with Crippen molar-refractivity contribution >= 4 is 27.8 Å². The highest BCUT2D eigenvalue weighted by molar-refractivity contribution is 7.89. The fraction of sp³-hybridized carbons (Fsp3) is 0.348. The number of carbonyl (C=O) groups excluding carboxylic acids is 2. The number of nitrogens with two attached hydrogens (primary N) is 3. The number of hydrogen-bond donors (Lipinski definition) is 6. The Hall–Kier alpha value is -3.88. The van der Waals surface area contributed by atoms with Crippen LogP contribution in [-0.4, -0.2) is 59.0 Å². The Morgan fingerprint density at radius 2 is 1.65 bits per heavy atom. The molecule has 0 saturated heterocycles. The summed E-state index contributed by atoms with van der Waals surface area (Å²) in [6, 6.07) is 11.0. The Morgan fingerprint density at radius 3 is 2.24 bits per heavy atom. The van der Waals surface area contributed by atoms with E-state index in [0.717, 1.165) is 5.56 Å². The third-order valence-electron chi connectivity index (χ3n) is 5.24. The first-order valence-corrected chi connectivity index (χ1v) is 12.7. The Labute approximate surface area is 215 Å². The topological polar surface area (TPSA) is 213 Å². The summed E-state index contributed by atoms with van der Waals surface area (Å²) in [5.74, 6) is -0.925. The van der Waals surface area contributed by atoms with Gasteiger partial charge in [-0.3, -0.25) is 14.6 Å². The normalized spacial score (nSPS) is 12.7. The number of carbonyl (C=O) groups is 2. The van der Waals surface area contributed by atoms with Crippen LogP contribution in [-0.2, 0) is 26.0 Å². The van der Waals surface area contributed by atoms with Gasteiger partial charge >= 0.3 is 0 Å². The lowest BCUT2D eigenvalue weighted by molar-refractivity contribution is -0.128. The maximum atomic E-state index is 13.1. The average molecular weight is 536 g/mol. The molecule has 2 amide bonds. The van der Waals surface area contributed by atoms with Crippen LogP contribution in [0.1, 0.15) is 18.4 Å². The molecular weight excluding hydrogens is 502 g/mol. The molecule has 202 valence electrons. The number of primary amides is 1. The van der Waals surface area contributed by atoms with Gasteiger partial charge in [-0.2, -0.15) is 0 Å². The Morgan fingerprint density at radius 1 is 0.973 bits per heavy atom. The van der Waals surface area contributed by atoms with E-state index in [2.05, 4.69) is 20.6 Å². The first kappa shape index (κ1) is 29.4. The van der Waals surface area contributed by atoms with Crippen molar-refractivity contribution in [3.05, 3.63) is 54.1 Å². The first-order valence-electron chi connectivity index (χ1n) is 11.3. The highest BCUT2D eigenvalue weighted by Gasteiger charge is 2.26. The summed E-state index contributed by atoms with van der Waals surface area (Å²) >= 11 is 0. The average Bonchev–Trinajstić information content (AvgIpc) is 2.87. The number of sulfonamides is 1. The maximum Gasteiger partial charge on any atom is 0.253 e. The van der Waals surface area contributed by atoms with Crippen LogP contribution in [0.15, 0.2) is 58.4 Å². The number of rotatable bonds is 15. The molecule has 0 unspecified atom stereocenters. The molecule has 0 heterocycles. The molecule has 9 N–H and O–H groups in total. The van der Waals surface area contributed by atoms with Gasteiger partial charge in [0.1, 0.15) is 12.1 Å². The van der Waals surface area contributed by atoms with Crippen molar-refractivity contribution in [3.8, 4) is 11.5 Å². The van der Waals surface area contributed by atoms with Crippen molar-refractivity contribution in [1.82, 2.24) is 15.6 Å². The van der Waals surface area contributed by atoms with E-state index in [9.17, 15) is 18.0 Å². The summed E-state index contributed by atoms with van der Waals surface area (Å²) < 4.78 is 36.1. The maximum absolute atomic E-state index is 13.1. The summed E-state index contributed by atoms with van der Waals surface area (Å²) in [6.45, 7) is 0.208. The predicted molar refractivity (Wildman–Crippen MR) is 138 cm³/mol. The summed E-state index contributed by atoms with van der Waals surface area (Å²) in [4.78, 5) is 31.0. The number of hydrazine groups is 1. The minimum absolute atomic E-state index is 0.111. The molecule has 0 aliphatic rings. The predicted octanol–water partition coefficient (Wildman–Crippen LogP) is -0.878. The minimum atomic E-state index is -4.12. The van der Waals surface area contributed by atoms with Crippen LogP contribution in [0.25, 0.3) is 0 Å². The lowest BCUT2D eigenvalue weighted by Gasteiger charge is -2.22. The molecule has 2 rings (SSSR count). The molecule has 2 aromatic carbocycles. The standard InChI is InChI=1S/C23H33N7O6S/c1-35-19-11-10-16(14-20(19)36-2)37(33,34)30-29-17(9-6-12-27-23(25)26)22(32)28-18(21(24)31)13-15-7-4-3-5-8-15/h3-5,7-8,10-11,14,17-18,29-30H,6,9,12-13H2,1-2H3,(H2,24,31)(H,28,32)(H4,25,26,27)/t17-,18-/m0/s1. The van der Waals surface area contributed by atoms with E-state index >= 15 is 0 Å². The molecule has 0 aliphatic carbocycles. The number of ether oxygens (including phenoxy) is 2. The Kier molecular flexibility index (Phi) is 11.1. The van der Waals surface area contributed by atoms with Crippen LogP contribution >= 0.6 is 0 Å². The van der Waals surface area contributed by atoms with Crippen LogP contribution in [0, 0.1) is 0 Å². The highest BCUT2D eigenvalue weighted by atomic mass is 32.2. The molecule has 0 fully saturated rings. The van der Waals surface area contributed by atoms with Gasteiger partial charge in [-0.05, 0) is 30.5 Å². The molecule has 0 radical (unpaired) electrons. The Bertz CT molecular complexity index is 1190. The molecule has 0 bridgehead atoms.